The van der Waals surface area contributed by atoms with Gasteiger partial charge >= 0.3 is 12.0 Å². The minimum atomic E-state index is -1.10. The Hall–Kier alpha value is -1.79. The van der Waals surface area contributed by atoms with Crippen LogP contribution in [0, 0.1) is 5.41 Å². The number of nitrogens with one attached hydrogen (secondary N) is 2. The molecule has 0 aromatic rings. The first-order valence-corrected chi connectivity index (χ1v) is 6.95. The maximum absolute atomic E-state index is 12.1. The lowest BCUT2D eigenvalue weighted by Crippen LogP contribution is -2.61. The molecule has 1 saturated heterocycles. The van der Waals surface area contributed by atoms with Crippen LogP contribution in [0.3, 0.4) is 0 Å². The summed E-state index contributed by atoms with van der Waals surface area (Å²) in [4.78, 5) is 35.7. The summed E-state index contributed by atoms with van der Waals surface area (Å²) in [6.45, 7) is 2.40. The fourth-order valence-electron chi connectivity index (χ4n) is 2.87. The number of urea groups is 1. The number of amides is 3. The minimum Gasteiger partial charge on any atom is -0.480 e. The topological polar surface area (TPSA) is 98.7 Å². The average Bonchev–Trinajstić information content (AvgIpc) is 2.83. The molecule has 0 aromatic heterocycles. The van der Waals surface area contributed by atoms with Crippen molar-refractivity contribution in [3.8, 4) is 0 Å². The normalized spacial score (nSPS) is 25.1. The number of rotatable bonds is 3. The standard InChI is InChI=1S/C13H21N3O4/c1-13(4-2-3-5-13)8-15-12(20)16-7-10(17)14-6-9(16)11(18)19/h9H,2-8H2,1H3,(H,14,17)(H,15,20)(H,18,19). The predicted octanol–water partition coefficient (Wildman–Crippen LogP) is 0.161. The van der Waals surface area contributed by atoms with Gasteiger partial charge in [0.2, 0.25) is 5.91 Å². The summed E-state index contributed by atoms with van der Waals surface area (Å²) in [6, 6.07) is -1.47. The lowest BCUT2D eigenvalue weighted by atomic mass is 9.89. The van der Waals surface area contributed by atoms with E-state index in [0.29, 0.717) is 6.54 Å². The Morgan fingerprint density at radius 2 is 2.10 bits per heavy atom. The van der Waals surface area contributed by atoms with Crippen molar-refractivity contribution >= 4 is 17.9 Å². The Balaban J connectivity index is 1.95. The molecule has 1 unspecified atom stereocenters. The van der Waals surface area contributed by atoms with Crippen molar-refractivity contribution in [2.45, 2.75) is 38.6 Å². The summed E-state index contributed by atoms with van der Waals surface area (Å²) in [5.74, 6) is -1.43. The molecule has 1 saturated carbocycles. The first kappa shape index (κ1) is 14.6. The van der Waals surface area contributed by atoms with E-state index in [9.17, 15) is 14.4 Å². The zero-order chi connectivity index (χ0) is 14.8. The highest BCUT2D eigenvalue weighted by Crippen LogP contribution is 2.36. The number of hydrogen-bond donors (Lipinski definition) is 3. The molecule has 0 aromatic carbocycles. The highest BCUT2D eigenvalue weighted by atomic mass is 16.4. The van der Waals surface area contributed by atoms with Crippen LogP contribution in [0.4, 0.5) is 4.79 Å². The Morgan fingerprint density at radius 3 is 2.70 bits per heavy atom. The zero-order valence-electron chi connectivity index (χ0n) is 11.6. The van der Waals surface area contributed by atoms with Gasteiger partial charge in [0.1, 0.15) is 12.6 Å². The lowest BCUT2D eigenvalue weighted by Gasteiger charge is -2.34. The van der Waals surface area contributed by atoms with E-state index in [-0.39, 0.29) is 24.4 Å². The van der Waals surface area contributed by atoms with Gasteiger partial charge in [-0.2, -0.15) is 0 Å². The molecule has 2 fully saturated rings. The van der Waals surface area contributed by atoms with Gasteiger partial charge in [-0.25, -0.2) is 9.59 Å². The van der Waals surface area contributed by atoms with E-state index in [0.717, 1.165) is 30.6 Å². The third-order valence-corrected chi connectivity index (χ3v) is 4.21. The Kier molecular flexibility index (Phi) is 4.15. The molecule has 3 amide bonds. The molecule has 0 radical (unpaired) electrons. The lowest BCUT2D eigenvalue weighted by molar-refractivity contribution is -0.144. The molecule has 0 bridgehead atoms. The second-order valence-electron chi connectivity index (χ2n) is 5.96. The third-order valence-electron chi connectivity index (χ3n) is 4.21. The van der Waals surface area contributed by atoms with Crippen molar-refractivity contribution in [2.24, 2.45) is 5.41 Å². The largest absolute Gasteiger partial charge is 0.480 e. The number of carboxylic acid groups (broad SMARTS) is 1. The van der Waals surface area contributed by atoms with Gasteiger partial charge in [-0.05, 0) is 18.3 Å². The van der Waals surface area contributed by atoms with E-state index in [1.54, 1.807) is 0 Å². The third kappa shape index (κ3) is 3.20. The summed E-state index contributed by atoms with van der Waals surface area (Å²) >= 11 is 0. The molecule has 2 aliphatic rings. The molecule has 1 atom stereocenters. The molecule has 20 heavy (non-hydrogen) atoms. The average molecular weight is 283 g/mol. The second-order valence-corrected chi connectivity index (χ2v) is 5.96. The highest BCUT2D eigenvalue weighted by Gasteiger charge is 2.36. The van der Waals surface area contributed by atoms with Gasteiger partial charge in [-0.3, -0.25) is 9.69 Å². The molecular formula is C13H21N3O4. The summed E-state index contributed by atoms with van der Waals surface area (Å²) < 4.78 is 0. The van der Waals surface area contributed by atoms with E-state index in [1.165, 1.54) is 0 Å². The van der Waals surface area contributed by atoms with Crippen molar-refractivity contribution in [3.63, 3.8) is 0 Å². The number of hydrogen-bond acceptors (Lipinski definition) is 3. The molecule has 7 heteroatoms. The van der Waals surface area contributed by atoms with E-state index in [4.69, 9.17) is 5.11 Å². The van der Waals surface area contributed by atoms with Gasteiger partial charge < -0.3 is 15.7 Å². The fourth-order valence-corrected chi connectivity index (χ4v) is 2.87. The van der Waals surface area contributed by atoms with E-state index >= 15 is 0 Å². The predicted molar refractivity (Wildman–Crippen MR) is 71.1 cm³/mol. The van der Waals surface area contributed by atoms with Crippen molar-refractivity contribution in [3.05, 3.63) is 0 Å². The number of aliphatic carboxylic acids is 1. The van der Waals surface area contributed by atoms with Gasteiger partial charge in [0.25, 0.3) is 0 Å². The van der Waals surface area contributed by atoms with Crippen molar-refractivity contribution < 1.29 is 19.5 Å². The molecule has 1 aliphatic heterocycles. The van der Waals surface area contributed by atoms with Gasteiger partial charge in [-0.1, -0.05) is 19.8 Å². The molecule has 7 nitrogen and oxygen atoms in total. The Bertz CT molecular complexity index is 418. The maximum atomic E-state index is 12.1. The van der Waals surface area contributed by atoms with Crippen LogP contribution in [-0.2, 0) is 9.59 Å². The van der Waals surface area contributed by atoms with Crippen LogP contribution in [-0.4, -0.2) is 53.6 Å². The monoisotopic (exact) mass is 283 g/mol. The van der Waals surface area contributed by atoms with Crippen molar-refractivity contribution in [1.82, 2.24) is 15.5 Å². The zero-order valence-corrected chi connectivity index (χ0v) is 11.6. The smallest absolute Gasteiger partial charge is 0.328 e. The van der Waals surface area contributed by atoms with Crippen LogP contribution >= 0.6 is 0 Å². The van der Waals surface area contributed by atoms with Gasteiger partial charge in [0.15, 0.2) is 0 Å². The molecule has 3 N–H and O–H groups in total. The number of carbonyl (C=O) groups excluding carboxylic acids is 2. The number of carbonyl (C=O) groups is 3. The molecule has 0 spiro atoms. The summed E-state index contributed by atoms with van der Waals surface area (Å²) in [7, 11) is 0. The first-order chi connectivity index (χ1) is 9.41. The van der Waals surface area contributed by atoms with E-state index in [1.807, 2.05) is 0 Å². The van der Waals surface area contributed by atoms with Crippen molar-refractivity contribution in [1.29, 1.82) is 0 Å². The SMILES string of the molecule is CC1(CNC(=O)N2CC(=O)NCC2C(=O)O)CCCC1. The van der Waals surface area contributed by atoms with Crippen LogP contribution in [0.5, 0.6) is 0 Å². The van der Waals surface area contributed by atoms with Crippen LogP contribution in [0.2, 0.25) is 0 Å². The first-order valence-electron chi connectivity index (χ1n) is 6.95. The Morgan fingerprint density at radius 1 is 1.45 bits per heavy atom. The van der Waals surface area contributed by atoms with Crippen LogP contribution in [0.1, 0.15) is 32.6 Å². The highest BCUT2D eigenvalue weighted by molar-refractivity contribution is 5.90. The molecule has 1 heterocycles. The summed E-state index contributed by atoms with van der Waals surface area (Å²) in [5.41, 5.74) is 0.0897. The van der Waals surface area contributed by atoms with Gasteiger partial charge in [-0.15, -0.1) is 0 Å². The number of piperazine rings is 1. The van der Waals surface area contributed by atoms with Gasteiger partial charge in [0.05, 0.1) is 0 Å². The van der Waals surface area contributed by atoms with Gasteiger partial charge in [0, 0.05) is 13.1 Å². The molecule has 112 valence electrons. The number of nitrogens with zero attached hydrogens (tertiary/aromatic N) is 1. The second kappa shape index (κ2) is 5.68. The minimum absolute atomic E-state index is 0.0428. The van der Waals surface area contributed by atoms with E-state index < -0.39 is 18.0 Å². The summed E-state index contributed by atoms with van der Waals surface area (Å²) in [6.07, 6.45) is 4.46. The van der Waals surface area contributed by atoms with Crippen molar-refractivity contribution in [2.75, 3.05) is 19.6 Å². The maximum Gasteiger partial charge on any atom is 0.328 e. The van der Waals surface area contributed by atoms with Crippen LogP contribution in [0.15, 0.2) is 0 Å². The molecular weight excluding hydrogens is 262 g/mol. The van der Waals surface area contributed by atoms with Crippen LogP contribution in [0.25, 0.3) is 0 Å². The van der Waals surface area contributed by atoms with Crippen LogP contribution < -0.4 is 10.6 Å². The number of carboxylic acids is 1. The summed E-state index contributed by atoms with van der Waals surface area (Å²) in [5, 5.41) is 14.3. The molecule has 2 rings (SSSR count). The Labute approximate surface area is 117 Å². The van der Waals surface area contributed by atoms with E-state index in [2.05, 4.69) is 17.6 Å². The fraction of sp³-hybridized carbons (Fsp3) is 0.769. The quantitative estimate of drug-likeness (QED) is 0.687. The molecule has 1 aliphatic carbocycles.